The summed E-state index contributed by atoms with van der Waals surface area (Å²) in [7, 11) is 0. The molecule has 5 nitrogen and oxygen atoms in total. The quantitative estimate of drug-likeness (QED) is 0.279. The molecule has 1 rings (SSSR count). The Kier molecular flexibility index (Phi) is 10.6. The summed E-state index contributed by atoms with van der Waals surface area (Å²) < 4.78 is 0. The highest BCUT2D eigenvalue weighted by Gasteiger charge is 2.16. The van der Waals surface area contributed by atoms with Gasteiger partial charge in [-0.2, -0.15) is 0 Å². The first-order chi connectivity index (χ1) is 9.40. The summed E-state index contributed by atoms with van der Waals surface area (Å²) in [5.74, 6) is 0.897. The van der Waals surface area contributed by atoms with Crippen LogP contribution in [0.15, 0.2) is 4.99 Å². The minimum atomic E-state index is -0.0828. The van der Waals surface area contributed by atoms with Crippen molar-refractivity contribution in [2.45, 2.75) is 58.6 Å². The summed E-state index contributed by atoms with van der Waals surface area (Å²) >= 11 is 0. The molecule has 1 aliphatic rings. The number of nitrogens with zero attached hydrogens (tertiary/aromatic N) is 2. The van der Waals surface area contributed by atoms with Crippen LogP contribution in [0.4, 0.5) is 0 Å². The van der Waals surface area contributed by atoms with Crippen molar-refractivity contribution in [2.75, 3.05) is 32.7 Å². The van der Waals surface area contributed by atoms with Crippen LogP contribution >= 0.6 is 24.0 Å². The van der Waals surface area contributed by atoms with Gasteiger partial charge in [0, 0.05) is 31.7 Å². The van der Waals surface area contributed by atoms with Gasteiger partial charge in [-0.3, -0.25) is 4.99 Å². The summed E-state index contributed by atoms with van der Waals surface area (Å²) in [5.41, 5.74) is 0.0318. The molecule has 0 aliphatic carbocycles. The molecule has 0 atom stereocenters. The smallest absolute Gasteiger partial charge is 0.191 e. The van der Waals surface area contributed by atoms with Gasteiger partial charge < -0.3 is 20.6 Å². The van der Waals surface area contributed by atoms with Crippen LogP contribution in [0.2, 0.25) is 0 Å². The van der Waals surface area contributed by atoms with Gasteiger partial charge in [0.2, 0.25) is 0 Å². The lowest BCUT2D eigenvalue weighted by Gasteiger charge is -2.29. The maximum atomic E-state index is 9.47. The van der Waals surface area contributed by atoms with E-state index < -0.39 is 0 Å². The number of guanidine groups is 1. The number of aliphatic hydroxyl groups excluding tert-OH is 1. The average molecular weight is 412 g/mol. The third kappa shape index (κ3) is 10.3. The Morgan fingerprint density at radius 1 is 1.29 bits per heavy atom. The Bertz CT molecular complexity index is 297. The van der Waals surface area contributed by atoms with Crippen molar-refractivity contribution < 1.29 is 5.11 Å². The summed E-state index contributed by atoms with van der Waals surface area (Å²) in [4.78, 5) is 7.04. The molecular weight excluding hydrogens is 379 g/mol. The molecule has 6 heteroatoms. The van der Waals surface area contributed by atoms with Gasteiger partial charge in [0.1, 0.15) is 0 Å². The highest BCUT2D eigenvalue weighted by atomic mass is 127. The zero-order valence-electron chi connectivity index (χ0n) is 14.0. The van der Waals surface area contributed by atoms with Crippen molar-refractivity contribution in [1.82, 2.24) is 15.5 Å². The Labute approximate surface area is 147 Å². The summed E-state index contributed by atoms with van der Waals surface area (Å²) in [6.07, 6.45) is 2.81. The van der Waals surface area contributed by atoms with Gasteiger partial charge >= 0.3 is 0 Å². The van der Waals surface area contributed by atoms with Crippen LogP contribution in [0.25, 0.3) is 0 Å². The Morgan fingerprint density at radius 3 is 2.43 bits per heavy atom. The van der Waals surface area contributed by atoms with E-state index in [9.17, 15) is 5.11 Å². The normalized spacial score (nSPS) is 18.2. The molecule has 0 aromatic heterocycles. The van der Waals surface area contributed by atoms with E-state index >= 15 is 0 Å². The number of aliphatic imine (C=N–C) groups is 1. The molecule has 126 valence electrons. The van der Waals surface area contributed by atoms with E-state index in [1.165, 1.54) is 0 Å². The number of likely N-dealkylation sites (tertiary alicyclic amines) is 1. The Balaban J connectivity index is 0.00000400. The Hall–Kier alpha value is -0.0800. The highest BCUT2D eigenvalue weighted by Crippen LogP contribution is 2.09. The SMILES string of the molecule is CCNC(=NCCCN1CCC(O)CC1)NC(C)(C)C.I. The molecule has 0 saturated carbocycles. The molecule has 1 aliphatic heterocycles. The fraction of sp³-hybridized carbons (Fsp3) is 0.933. The fourth-order valence-electron chi connectivity index (χ4n) is 2.29. The average Bonchev–Trinajstić information content (AvgIpc) is 2.35. The standard InChI is InChI=1S/C15H32N4O.HI/c1-5-16-14(18-15(2,3)4)17-9-6-10-19-11-7-13(20)8-12-19;/h13,20H,5-12H2,1-4H3,(H2,16,17,18);1H. The van der Waals surface area contributed by atoms with Crippen LogP contribution in [-0.2, 0) is 0 Å². The first-order valence-electron chi connectivity index (χ1n) is 7.87. The zero-order chi connectivity index (χ0) is 15.0. The highest BCUT2D eigenvalue weighted by molar-refractivity contribution is 14.0. The van der Waals surface area contributed by atoms with E-state index in [0.29, 0.717) is 0 Å². The van der Waals surface area contributed by atoms with E-state index in [1.54, 1.807) is 0 Å². The molecule has 1 saturated heterocycles. The van der Waals surface area contributed by atoms with Crippen molar-refractivity contribution in [3.63, 3.8) is 0 Å². The van der Waals surface area contributed by atoms with Crippen LogP contribution < -0.4 is 10.6 Å². The predicted octanol–water partition coefficient (Wildman–Crippen LogP) is 1.80. The predicted molar refractivity (Wildman–Crippen MR) is 101 cm³/mol. The summed E-state index contributed by atoms with van der Waals surface area (Å²) in [6.45, 7) is 13.3. The maximum absolute atomic E-state index is 9.47. The minimum absolute atomic E-state index is 0. The van der Waals surface area contributed by atoms with E-state index in [1.807, 2.05) is 0 Å². The maximum Gasteiger partial charge on any atom is 0.191 e. The fourth-order valence-corrected chi connectivity index (χ4v) is 2.29. The van der Waals surface area contributed by atoms with Crippen LogP contribution in [0.1, 0.15) is 47.0 Å². The second-order valence-corrected chi connectivity index (χ2v) is 6.56. The largest absolute Gasteiger partial charge is 0.393 e. The first kappa shape index (κ1) is 20.9. The lowest BCUT2D eigenvalue weighted by Crippen LogP contribution is -2.47. The third-order valence-corrected chi connectivity index (χ3v) is 3.30. The topological polar surface area (TPSA) is 59.9 Å². The molecule has 0 aromatic rings. The third-order valence-electron chi connectivity index (χ3n) is 3.30. The molecule has 21 heavy (non-hydrogen) atoms. The zero-order valence-corrected chi connectivity index (χ0v) is 16.3. The lowest BCUT2D eigenvalue weighted by molar-refractivity contribution is 0.0824. The van der Waals surface area contributed by atoms with Crippen LogP contribution in [-0.4, -0.2) is 60.3 Å². The second kappa shape index (κ2) is 10.6. The van der Waals surface area contributed by atoms with Gasteiger partial charge in [0.15, 0.2) is 5.96 Å². The number of piperidine rings is 1. The molecule has 0 unspecified atom stereocenters. The number of nitrogens with one attached hydrogen (secondary N) is 2. The minimum Gasteiger partial charge on any atom is -0.393 e. The van der Waals surface area contributed by atoms with Crippen molar-refractivity contribution >= 4 is 29.9 Å². The second-order valence-electron chi connectivity index (χ2n) is 6.56. The number of hydrogen-bond donors (Lipinski definition) is 3. The van der Waals surface area contributed by atoms with Gasteiger partial charge in [-0.1, -0.05) is 0 Å². The summed E-state index contributed by atoms with van der Waals surface area (Å²) in [6, 6.07) is 0. The van der Waals surface area contributed by atoms with Crippen molar-refractivity contribution in [3.05, 3.63) is 0 Å². The Morgan fingerprint density at radius 2 is 1.90 bits per heavy atom. The number of aliphatic hydroxyl groups is 1. The monoisotopic (exact) mass is 412 g/mol. The molecular formula is C15H33IN4O. The van der Waals surface area contributed by atoms with Crippen LogP contribution in [0.3, 0.4) is 0 Å². The van der Waals surface area contributed by atoms with E-state index in [2.05, 4.69) is 48.2 Å². The van der Waals surface area contributed by atoms with Crippen LogP contribution in [0.5, 0.6) is 0 Å². The molecule has 0 bridgehead atoms. The molecule has 0 aromatic carbocycles. The molecule has 1 fully saturated rings. The van der Waals surface area contributed by atoms with E-state index in [0.717, 1.165) is 57.9 Å². The van der Waals surface area contributed by atoms with Gasteiger partial charge in [0.05, 0.1) is 6.10 Å². The number of halogens is 1. The van der Waals surface area contributed by atoms with E-state index in [4.69, 9.17) is 0 Å². The molecule has 1 heterocycles. The van der Waals surface area contributed by atoms with Crippen LogP contribution in [0, 0.1) is 0 Å². The van der Waals surface area contributed by atoms with Gasteiger partial charge in [-0.05, 0) is 53.5 Å². The molecule has 0 spiro atoms. The molecule has 0 radical (unpaired) electrons. The number of rotatable bonds is 5. The molecule has 0 amide bonds. The summed E-state index contributed by atoms with van der Waals surface area (Å²) in [5, 5.41) is 16.1. The molecule has 3 N–H and O–H groups in total. The van der Waals surface area contributed by atoms with Gasteiger partial charge in [0.25, 0.3) is 0 Å². The number of hydrogen-bond acceptors (Lipinski definition) is 3. The van der Waals surface area contributed by atoms with Gasteiger partial charge in [-0.25, -0.2) is 0 Å². The van der Waals surface area contributed by atoms with Crippen molar-refractivity contribution in [1.29, 1.82) is 0 Å². The lowest BCUT2D eigenvalue weighted by atomic mass is 10.1. The van der Waals surface area contributed by atoms with Gasteiger partial charge in [-0.15, -0.1) is 24.0 Å². The van der Waals surface area contributed by atoms with Crippen molar-refractivity contribution in [2.24, 2.45) is 4.99 Å². The van der Waals surface area contributed by atoms with Crippen molar-refractivity contribution in [3.8, 4) is 0 Å². The van der Waals surface area contributed by atoms with E-state index in [-0.39, 0.29) is 35.6 Å². The first-order valence-corrected chi connectivity index (χ1v) is 7.87.